The average molecular weight is 476 g/mol. The van der Waals surface area contributed by atoms with E-state index in [0.29, 0.717) is 29.8 Å². The molecule has 0 unspecified atom stereocenters. The van der Waals surface area contributed by atoms with E-state index in [-0.39, 0.29) is 12.5 Å². The predicted octanol–water partition coefficient (Wildman–Crippen LogP) is 7.63. The first-order valence-electron chi connectivity index (χ1n) is 12.0. The van der Waals surface area contributed by atoms with Crippen LogP contribution in [0.2, 0.25) is 0 Å². The Hall–Kier alpha value is -2.70. The van der Waals surface area contributed by atoms with Crippen LogP contribution in [0.4, 0.5) is 23.7 Å². The van der Waals surface area contributed by atoms with E-state index >= 15 is 0 Å². The van der Waals surface area contributed by atoms with Crippen LogP contribution in [0, 0.1) is 0 Å². The first-order valence-corrected chi connectivity index (χ1v) is 12.0. The van der Waals surface area contributed by atoms with Gasteiger partial charge in [0, 0.05) is 6.54 Å². The summed E-state index contributed by atoms with van der Waals surface area (Å²) < 4.78 is 52.8. The molecule has 1 aliphatic heterocycles. The van der Waals surface area contributed by atoms with Crippen molar-refractivity contribution in [2.24, 2.45) is 0 Å². The van der Waals surface area contributed by atoms with Gasteiger partial charge in [-0.15, -0.1) is 0 Å². The Labute approximate surface area is 199 Å². The molecule has 7 heteroatoms. The number of anilines is 1. The van der Waals surface area contributed by atoms with Crippen molar-refractivity contribution in [1.29, 1.82) is 0 Å². The van der Waals surface area contributed by atoms with Crippen molar-refractivity contribution < 1.29 is 27.4 Å². The lowest BCUT2D eigenvalue weighted by Crippen LogP contribution is -2.35. The molecule has 0 bridgehead atoms. The fourth-order valence-electron chi connectivity index (χ4n) is 4.85. The number of carbonyl (C=O) groups excluding carboxylic acids is 1. The van der Waals surface area contributed by atoms with E-state index in [9.17, 15) is 18.0 Å². The molecule has 2 aromatic rings. The molecule has 0 spiro atoms. The van der Waals surface area contributed by atoms with E-state index in [4.69, 9.17) is 9.47 Å². The van der Waals surface area contributed by atoms with Crippen LogP contribution < -0.4 is 9.64 Å². The van der Waals surface area contributed by atoms with E-state index in [1.165, 1.54) is 6.07 Å². The topological polar surface area (TPSA) is 38.8 Å². The van der Waals surface area contributed by atoms with Crippen LogP contribution in [0.5, 0.6) is 5.75 Å². The van der Waals surface area contributed by atoms with Gasteiger partial charge in [0.15, 0.2) is 0 Å². The molecule has 1 amide bonds. The average Bonchev–Trinajstić information content (AvgIpc) is 3.20. The van der Waals surface area contributed by atoms with E-state index in [1.54, 1.807) is 29.2 Å². The number of hydrogen-bond donors (Lipinski definition) is 0. The molecule has 0 atom stereocenters. The molecule has 0 saturated heterocycles. The number of benzene rings is 2. The van der Waals surface area contributed by atoms with Crippen LogP contribution in [0.25, 0.3) is 0 Å². The lowest BCUT2D eigenvalue weighted by atomic mass is 9.81. The Balaban J connectivity index is 1.46. The van der Waals surface area contributed by atoms with Crippen LogP contribution in [0.3, 0.4) is 0 Å². The third-order valence-electron chi connectivity index (χ3n) is 6.43. The molecule has 0 N–H and O–H groups in total. The van der Waals surface area contributed by atoms with Crippen molar-refractivity contribution in [2.45, 2.75) is 83.6 Å². The van der Waals surface area contributed by atoms with Crippen molar-refractivity contribution in [3.05, 3.63) is 58.7 Å². The van der Waals surface area contributed by atoms with Crippen LogP contribution in [-0.2, 0) is 23.9 Å². The third kappa shape index (κ3) is 5.68. The highest BCUT2D eigenvalue weighted by Crippen LogP contribution is 2.41. The summed E-state index contributed by atoms with van der Waals surface area (Å²) in [5.41, 5.74) is 1.51. The van der Waals surface area contributed by atoms with Crippen molar-refractivity contribution >= 4 is 11.8 Å². The maximum Gasteiger partial charge on any atom is 0.416 e. The van der Waals surface area contributed by atoms with E-state index in [1.807, 2.05) is 26.8 Å². The van der Waals surface area contributed by atoms with Gasteiger partial charge in [0.1, 0.15) is 18.0 Å². The quantitative estimate of drug-likeness (QED) is 0.456. The highest BCUT2D eigenvalue weighted by Gasteiger charge is 2.36. The minimum atomic E-state index is -4.39. The molecule has 4 nitrogen and oxygen atoms in total. The lowest BCUT2D eigenvalue weighted by Gasteiger charge is -2.25. The molecular formula is C27H32F3NO3. The van der Waals surface area contributed by atoms with Crippen molar-refractivity contribution in [3.8, 4) is 5.75 Å². The summed E-state index contributed by atoms with van der Waals surface area (Å²) in [5.74, 6) is 0.541. The molecule has 1 saturated carbocycles. The van der Waals surface area contributed by atoms with Gasteiger partial charge in [-0.2, -0.15) is 13.2 Å². The van der Waals surface area contributed by atoms with Crippen LogP contribution >= 0.6 is 0 Å². The normalized spacial score (nSPS) is 16.9. The van der Waals surface area contributed by atoms with Gasteiger partial charge in [0.2, 0.25) is 0 Å². The first-order chi connectivity index (χ1) is 16.0. The van der Waals surface area contributed by atoms with Gasteiger partial charge in [-0.05, 0) is 86.9 Å². The SMILES string of the molecule is CC(C)(C)OC(=O)N1CCc2cc(OCc3ccc(C4CCCCC4)c(C(F)(F)F)c3)ccc21. The number of fused-ring (bicyclic) bond motifs is 1. The maximum absolute atomic E-state index is 13.8. The standard InChI is InChI=1S/C27H32F3NO3/c1-26(2,3)34-25(32)31-14-13-20-16-21(10-12-24(20)31)33-17-18-9-11-22(19-7-5-4-6-8-19)23(15-18)27(28,29)30/h9-12,15-16,19H,4-8,13-14,17H2,1-3H3. The van der Waals surface area contributed by atoms with E-state index < -0.39 is 23.4 Å². The third-order valence-corrected chi connectivity index (χ3v) is 6.43. The van der Waals surface area contributed by atoms with Crippen molar-refractivity contribution in [1.82, 2.24) is 0 Å². The zero-order valence-electron chi connectivity index (χ0n) is 20.0. The Kier molecular flexibility index (Phi) is 6.83. The summed E-state index contributed by atoms with van der Waals surface area (Å²) in [5, 5.41) is 0. The molecule has 34 heavy (non-hydrogen) atoms. The summed E-state index contributed by atoms with van der Waals surface area (Å²) >= 11 is 0. The minimum Gasteiger partial charge on any atom is -0.489 e. The zero-order valence-corrected chi connectivity index (χ0v) is 20.0. The molecule has 2 aromatic carbocycles. The Morgan fingerprint density at radius 3 is 2.44 bits per heavy atom. The molecule has 2 aliphatic rings. The molecule has 1 heterocycles. The van der Waals surface area contributed by atoms with Gasteiger partial charge in [0.25, 0.3) is 0 Å². The van der Waals surface area contributed by atoms with Crippen molar-refractivity contribution in [2.75, 3.05) is 11.4 Å². The fourth-order valence-corrected chi connectivity index (χ4v) is 4.85. The molecule has 1 aliphatic carbocycles. The van der Waals surface area contributed by atoms with Gasteiger partial charge >= 0.3 is 12.3 Å². The number of nitrogens with zero attached hydrogens (tertiary/aromatic N) is 1. The molecule has 184 valence electrons. The minimum absolute atomic E-state index is 0.0232. The maximum atomic E-state index is 13.8. The summed E-state index contributed by atoms with van der Waals surface area (Å²) in [4.78, 5) is 14.1. The number of rotatable bonds is 4. The predicted molar refractivity (Wildman–Crippen MR) is 125 cm³/mol. The highest BCUT2D eigenvalue weighted by atomic mass is 19.4. The van der Waals surface area contributed by atoms with Gasteiger partial charge in [-0.3, -0.25) is 4.90 Å². The van der Waals surface area contributed by atoms with Gasteiger partial charge < -0.3 is 9.47 Å². The fraction of sp³-hybridized carbons (Fsp3) is 0.519. The summed E-state index contributed by atoms with van der Waals surface area (Å²) in [6.07, 6.45) is 0.579. The second-order valence-corrected chi connectivity index (χ2v) is 10.2. The molecular weight excluding hydrogens is 443 g/mol. The smallest absolute Gasteiger partial charge is 0.416 e. The van der Waals surface area contributed by atoms with Crippen molar-refractivity contribution in [3.63, 3.8) is 0 Å². The summed E-state index contributed by atoms with van der Waals surface area (Å²) in [6.45, 7) is 6.04. The molecule has 4 rings (SSSR count). The summed E-state index contributed by atoms with van der Waals surface area (Å²) in [6, 6.07) is 10.0. The second-order valence-electron chi connectivity index (χ2n) is 10.2. The van der Waals surface area contributed by atoms with E-state index in [0.717, 1.165) is 43.4 Å². The van der Waals surface area contributed by atoms with Crippen LogP contribution in [0.15, 0.2) is 36.4 Å². The number of alkyl halides is 3. The van der Waals surface area contributed by atoms with Gasteiger partial charge in [0.05, 0.1) is 11.3 Å². The van der Waals surface area contributed by atoms with Crippen LogP contribution in [0.1, 0.15) is 81.0 Å². The highest BCUT2D eigenvalue weighted by molar-refractivity contribution is 5.90. The number of amides is 1. The second kappa shape index (κ2) is 9.51. The number of carbonyl (C=O) groups is 1. The van der Waals surface area contributed by atoms with Gasteiger partial charge in [-0.25, -0.2) is 4.79 Å². The molecule has 0 aromatic heterocycles. The number of halogens is 3. The largest absolute Gasteiger partial charge is 0.489 e. The number of hydrogen-bond acceptors (Lipinski definition) is 3. The first kappa shape index (κ1) is 24.4. The lowest BCUT2D eigenvalue weighted by molar-refractivity contribution is -0.138. The van der Waals surface area contributed by atoms with Gasteiger partial charge in [-0.1, -0.05) is 31.4 Å². The number of ether oxygens (including phenoxy) is 2. The zero-order chi connectivity index (χ0) is 24.5. The Bertz CT molecular complexity index is 1040. The Morgan fingerprint density at radius 1 is 1.03 bits per heavy atom. The van der Waals surface area contributed by atoms with Crippen LogP contribution in [-0.4, -0.2) is 18.2 Å². The van der Waals surface area contributed by atoms with E-state index in [2.05, 4.69) is 0 Å². The summed E-state index contributed by atoms with van der Waals surface area (Å²) in [7, 11) is 0. The molecule has 0 radical (unpaired) electrons. The molecule has 1 fully saturated rings. The Morgan fingerprint density at radius 2 is 1.76 bits per heavy atom. The monoisotopic (exact) mass is 475 g/mol.